The number of thiophene rings is 2. The Bertz CT molecular complexity index is 1010. The molecule has 0 spiro atoms. The van der Waals surface area contributed by atoms with Gasteiger partial charge in [-0.05, 0) is 30.4 Å². The number of piperazine rings is 1. The van der Waals surface area contributed by atoms with Crippen LogP contribution in [0.25, 0.3) is 10.2 Å². The Morgan fingerprint density at radius 1 is 1.43 bits per heavy atom. The SMILES string of the molecule is CC[C@@H](Nc1ncnc2sc(C(=O)N3CCNC(=O)C3)c(C)c12)c1cccs1. The van der Waals surface area contributed by atoms with Gasteiger partial charge in [-0.25, -0.2) is 9.97 Å². The van der Waals surface area contributed by atoms with Gasteiger partial charge >= 0.3 is 0 Å². The highest BCUT2D eigenvalue weighted by Crippen LogP contribution is 2.36. The van der Waals surface area contributed by atoms with Crippen LogP contribution in [0.15, 0.2) is 23.8 Å². The largest absolute Gasteiger partial charge is 0.362 e. The summed E-state index contributed by atoms with van der Waals surface area (Å²) in [5, 5.41) is 9.23. The zero-order chi connectivity index (χ0) is 19.7. The number of carbonyl (C=O) groups excluding carboxylic acids is 2. The average Bonchev–Trinajstić information content (AvgIpc) is 3.34. The third kappa shape index (κ3) is 3.47. The van der Waals surface area contributed by atoms with Crippen molar-refractivity contribution in [1.29, 1.82) is 0 Å². The van der Waals surface area contributed by atoms with E-state index in [1.54, 1.807) is 16.2 Å². The van der Waals surface area contributed by atoms with Gasteiger partial charge in [0.25, 0.3) is 5.91 Å². The van der Waals surface area contributed by atoms with Gasteiger partial charge in [-0.1, -0.05) is 13.0 Å². The molecule has 0 bridgehead atoms. The lowest BCUT2D eigenvalue weighted by Crippen LogP contribution is -2.49. The highest BCUT2D eigenvalue weighted by atomic mass is 32.1. The summed E-state index contributed by atoms with van der Waals surface area (Å²) in [6.45, 7) is 5.16. The maximum Gasteiger partial charge on any atom is 0.264 e. The zero-order valence-corrected chi connectivity index (χ0v) is 17.3. The lowest BCUT2D eigenvalue weighted by Gasteiger charge is -2.26. The first-order chi connectivity index (χ1) is 13.6. The predicted molar refractivity (Wildman–Crippen MR) is 112 cm³/mol. The Morgan fingerprint density at radius 3 is 3.00 bits per heavy atom. The van der Waals surface area contributed by atoms with Crippen molar-refractivity contribution in [1.82, 2.24) is 20.2 Å². The van der Waals surface area contributed by atoms with Crippen LogP contribution in [0.5, 0.6) is 0 Å². The van der Waals surface area contributed by atoms with Gasteiger partial charge in [0.1, 0.15) is 17.0 Å². The van der Waals surface area contributed by atoms with Gasteiger partial charge in [-0.15, -0.1) is 22.7 Å². The maximum atomic E-state index is 13.0. The molecule has 9 heteroatoms. The fraction of sp³-hybridized carbons (Fsp3) is 0.368. The molecule has 1 atom stereocenters. The molecule has 0 saturated carbocycles. The topological polar surface area (TPSA) is 87.2 Å². The molecule has 3 aromatic heterocycles. The molecule has 28 heavy (non-hydrogen) atoms. The van der Waals surface area contributed by atoms with E-state index >= 15 is 0 Å². The second-order valence-electron chi connectivity index (χ2n) is 6.66. The molecule has 1 fully saturated rings. The summed E-state index contributed by atoms with van der Waals surface area (Å²) < 4.78 is 0. The predicted octanol–water partition coefficient (Wildman–Crippen LogP) is 3.20. The molecule has 1 aliphatic heterocycles. The van der Waals surface area contributed by atoms with E-state index < -0.39 is 0 Å². The summed E-state index contributed by atoms with van der Waals surface area (Å²) >= 11 is 3.07. The Labute approximate surface area is 170 Å². The van der Waals surface area contributed by atoms with Crippen LogP contribution >= 0.6 is 22.7 Å². The number of carbonyl (C=O) groups is 2. The van der Waals surface area contributed by atoms with Gasteiger partial charge in [-0.3, -0.25) is 9.59 Å². The molecule has 4 heterocycles. The fourth-order valence-corrected chi connectivity index (χ4v) is 5.35. The number of anilines is 1. The molecule has 2 N–H and O–H groups in total. The number of amides is 2. The minimum atomic E-state index is -0.123. The van der Waals surface area contributed by atoms with E-state index in [1.165, 1.54) is 22.5 Å². The maximum absolute atomic E-state index is 13.0. The van der Waals surface area contributed by atoms with E-state index in [-0.39, 0.29) is 24.4 Å². The molecule has 0 radical (unpaired) electrons. The van der Waals surface area contributed by atoms with Gasteiger partial charge < -0.3 is 15.5 Å². The van der Waals surface area contributed by atoms with Crippen molar-refractivity contribution in [2.45, 2.75) is 26.3 Å². The van der Waals surface area contributed by atoms with Crippen LogP contribution in [0.3, 0.4) is 0 Å². The molecule has 146 valence electrons. The normalized spacial score (nSPS) is 15.5. The highest BCUT2D eigenvalue weighted by Gasteiger charge is 2.27. The van der Waals surface area contributed by atoms with E-state index in [0.29, 0.717) is 18.0 Å². The van der Waals surface area contributed by atoms with Gasteiger partial charge in [-0.2, -0.15) is 0 Å². The molecule has 0 aliphatic carbocycles. The number of hydrogen-bond acceptors (Lipinski definition) is 7. The number of hydrogen-bond donors (Lipinski definition) is 2. The second-order valence-corrected chi connectivity index (χ2v) is 8.63. The number of nitrogens with one attached hydrogen (secondary N) is 2. The Hall–Kier alpha value is -2.52. The monoisotopic (exact) mass is 415 g/mol. The molecular weight excluding hydrogens is 394 g/mol. The summed E-state index contributed by atoms with van der Waals surface area (Å²) in [4.78, 5) is 37.7. The minimum absolute atomic E-state index is 0.0968. The minimum Gasteiger partial charge on any atom is -0.362 e. The van der Waals surface area contributed by atoms with Crippen LogP contribution in [0.4, 0.5) is 5.82 Å². The van der Waals surface area contributed by atoms with Crippen LogP contribution in [-0.4, -0.2) is 46.3 Å². The van der Waals surface area contributed by atoms with Crippen LogP contribution in [0, 0.1) is 6.92 Å². The number of aryl methyl sites for hydroxylation is 1. The van der Waals surface area contributed by atoms with Crippen molar-refractivity contribution >= 4 is 50.5 Å². The van der Waals surface area contributed by atoms with Crippen molar-refractivity contribution < 1.29 is 9.59 Å². The summed E-state index contributed by atoms with van der Waals surface area (Å²) in [5.74, 6) is 0.503. The number of fused-ring (bicyclic) bond motifs is 1. The molecular formula is C19H21N5O2S2. The average molecular weight is 416 g/mol. The third-order valence-electron chi connectivity index (χ3n) is 4.85. The van der Waals surface area contributed by atoms with Crippen LogP contribution in [0.2, 0.25) is 0 Å². The van der Waals surface area contributed by atoms with E-state index in [4.69, 9.17) is 0 Å². The van der Waals surface area contributed by atoms with Crippen LogP contribution in [0.1, 0.15) is 39.5 Å². The zero-order valence-electron chi connectivity index (χ0n) is 15.7. The van der Waals surface area contributed by atoms with E-state index in [9.17, 15) is 9.59 Å². The quantitative estimate of drug-likeness (QED) is 0.668. The summed E-state index contributed by atoms with van der Waals surface area (Å²) in [7, 11) is 0. The molecule has 0 aromatic carbocycles. The van der Waals surface area contributed by atoms with E-state index in [0.717, 1.165) is 28.0 Å². The third-order valence-corrected chi connectivity index (χ3v) is 7.03. The molecule has 1 saturated heterocycles. The molecule has 2 amide bonds. The van der Waals surface area contributed by atoms with Crippen molar-refractivity contribution in [2.24, 2.45) is 0 Å². The fourth-order valence-electron chi connectivity index (χ4n) is 3.37. The van der Waals surface area contributed by atoms with Crippen molar-refractivity contribution in [2.75, 3.05) is 25.0 Å². The standard InChI is InChI=1S/C19H21N5O2S2/c1-3-12(13-5-4-8-27-13)23-17-15-11(2)16(28-18(15)22-10-21-17)19(26)24-7-6-20-14(25)9-24/h4-5,8,10,12H,3,6-7,9H2,1-2H3,(H,20,25)(H,21,22,23)/t12-/m1/s1. The molecule has 1 aliphatic rings. The first kappa shape index (κ1) is 18.8. The molecule has 7 nitrogen and oxygen atoms in total. The molecule has 3 aromatic rings. The molecule has 4 rings (SSSR count). The van der Waals surface area contributed by atoms with Crippen molar-refractivity contribution in [3.05, 3.63) is 39.2 Å². The summed E-state index contributed by atoms with van der Waals surface area (Å²) in [6.07, 6.45) is 2.45. The van der Waals surface area contributed by atoms with Gasteiger partial charge in [0, 0.05) is 18.0 Å². The smallest absolute Gasteiger partial charge is 0.264 e. The number of aromatic nitrogens is 2. The summed E-state index contributed by atoms with van der Waals surface area (Å²) in [5.41, 5.74) is 0.861. The number of rotatable bonds is 5. The highest BCUT2D eigenvalue weighted by molar-refractivity contribution is 7.20. The Balaban J connectivity index is 1.68. The first-order valence-corrected chi connectivity index (χ1v) is 10.9. The van der Waals surface area contributed by atoms with Crippen LogP contribution < -0.4 is 10.6 Å². The van der Waals surface area contributed by atoms with Crippen LogP contribution in [-0.2, 0) is 4.79 Å². The van der Waals surface area contributed by atoms with E-state index in [2.05, 4.69) is 39.0 Å². The number of nitrogens with zero attached hydrogens (tertiary/aromatic N) is 3. The Kier molecular flexibility index (Phi) is 5.27. The lowest BCUT2D eigenvalue weighted by molar-refractivity contribution is -0.123. The van der Waals surface area contributed by atoms with Gasteiger partial charge in [0.05, 0.1) is 22.8 Å². The van der Waals surface area contributed by atoms with Gasteiger partial charge in [0.2, 0.25) is 5.91 Å². The summed E-state index contributed by atoms with van der Waals surface area (Å²) in [6, 6.07) is 4.31. The lowest BCUT2D eigenvalue weighted by atomic mass is 10.1. The van der Waals surface area contributed by atoms with E-state index in [1.807, 2.05) is 13.0 Å². The Morgan fingerprint density at radius 2 is 2.29 bits per heavy atom. The molecule has 0 unspecified atom stereocenters. The van der Waals surface area contributed by atoms with Gasteiger partial charge in [0.15, 0.2) is 0 Å². The van der Waals surface area contributed by atoms with Crippen molar-refractivity contribution in [3.63, 3.8) is 0 Å². The van der Waals surface area contributed by atoms with Crippen molar-refractivity contribution in [3.8, 4) is 0 Å². The first-order valence-electron chi connectivity index (χ1n) is 9.18. The second kappa shape index (κ2) is 7.84.